The van der Waals surface area contributed by atoms with Crippen molar-refractivity contribution in [2.24, 2.45) is 13.0 Å². The summed E-state index contributed by atoms with van der Waals surface area (Å²) in [5.74, 6) is -1.81. The van der Waals surface area contributed by atoms with E-state index in [0.29, 0.717) is 18.7 Å². The SMILES string of the molecule is Cn1cc(C2CC(C(=O)O)CN(C(=O)CCOc3cccc(F)c3)C2)cn1. The minimum absolute atomic E-state index is 0.0679. The zero-order valence-corrected chi connectivity index (χ0v) is 15.0. The van der Waals surface area contributed by atoms with Crippen molar-refractivity contribution in [1.82, 2.24) is 14.7 Å². The number of aromatic nitrogens is 2. The molecule has 144 valence electrons. The molecule has 1 aromatic carbocycles. The second-order valence-corrected chi connectivity index (χ2v) is 6.77. The van der Waals surface area contributed by atoms with E-state index in [9.17, 15) is 19.1 Å². The lowest BCUT2D eigenvalue weighted by Gasteiger charge is -2.36. The predicted molar refractivity (Wildman–Crippen MR) is 94.8 cm³/mol. The zero-order chi connectivity index (χ0) is 19.4. The number of piperidine rings is 1. The Morgan fingerprint density at radius 1 is 1.37 bits per heavy atom. The lowest BCUT2D eigenvalue weighted by molar-refractivity contribution is -0.146. The number of hydrogen-bond acceptors (Lipinski definition) is 4. The van der Waals surface area contributed by atoms with Gasteiger partial charge in [-0.15, -0.1) is 0 Å². The third-order valence-corrected chi connectivity index (χ3v) is 4.73. The van der Waals surface area contributed by atoms with Gasteiger partial charge in [0.2, 0.25) is 5.91 Å². The topological polar surface area (TPSA) is 84.7 Å². The van der Waals surface area contributed by atoms with E-state index in [2.05, 4.69) is 5.10 Å². The lowest BCUT2D eigenvalue weighted by Crippen LogP contribution is -2.45. The predicted octanol–water partition coefficient (Wildman–Crippen LogP) is 2.04. The van der Waals surface area contributed by atoms with Gasteiger partial charge in [-0.25, -0.2) is 4.39 Å². The van der Waals surface area contributed by atoms with Gasteiger partial charge in [0.25, 0.3) is 0 Å². The van der Waals surface area contributed by atoms with Crippen LogP contribution in [0.15, 0.2) is 36.7 Å². The summed E-state index contributed by atoms with van der Waals surface area (Å²) >= 11 is 0. The lowest BCUT2D eigenvalue weighted by atomic mass is 9.85. The fraction of sp³-hybridized carbons (Fsp3) is 0.421. The fourth-order valence-electron chi connectivity index (χ4n) is 3.35. The third kappa shape index (κ3) is 4.84. The van der Waals surface area contributed by atoms with E-state index in [1.165, 1.54) is 18.2 Å². The molecule has 2 aromatic rings. The van der Waals surface area contributed by atoms with Crippen LogP contribution in [0.3, 0.4) is 0 Å². The number of carbonyl (C=O) groups excluding carboxylic acids is 1. The molecule has 3 rings (SSSR count). The van der Waals surface area contributed by atoms with Crippen molar-refractivity contribution in [3.63, 3.8) is 0 Å². The van der Waals surface area contributed by atoms with Crippen LogP contribution in [0.4, 0.5) is 4.39 Å². The first-order valence-electron chi connectivity index (χ1n) is 8.80. The number of halogens is 1. The molecule has 27 heavy (non-hydrogen) atoms. The summed E-state index contributed by atoms with van der Waals surface area (Å²) in [5.41, 5.74) is 0.928. The van der Waals surface area contributed by atoms with Gasteiger partial charge in [-0.05, 0) is 24.1 Å². The number of amides is 1. The number of nitrogens with zero attached hydrogens (tertiary/aromatic N) is 3. The standard InChI is InChI=1S/C19H22FN3O4/c1-22-10-15(9-21-22)13-7-14(19(25)26)12-23(11-13)18(24)5-6-27-17-4-2-3-16(20)8-17/h2-4,8-10,13-14H,5-7,11-12H2,1H3,(H,25,26). The largest absolute Gasteiger partial charge is 0.493 e. The molecule has 1 aliphatic heterocycles. The van der Waals surface area contributed by atoms with Crippen LogP contribution >= 0.6 is 0 Å². The van der Waals surface area contributed by atoms with Crippen LogP contribution in [0.1, 0.15) is 24.3 Å². The second kappa shape index (κ2) is 8.20. The van der Waals surface area contributed by atoms with Gasteiger partial charge in [0.15, 0.2) is 0 Å². The number of ether oxygens (including phenoxy) is 1. The quantitative estimate of drug-likeness (QED) is 0.835. The molecule has 0 spiro atoms. The molecule has 0 radical (unpaired) electrons. The first kappa shape index (κ1) is 18.9. The molecule has 1 aliphatic rings. The molecule has 8 heteroatoms. The molecule has 1 fully saturated rings. The van der Waals surface area contributed by atoms with Gasteiger partial charge in [-0.1, -0.05) is 6.07 Å². The highest BCUT2D eigenvalue weighted by Crippen LogP contribution is 2.30. The van der Waals surface area contributed by atoms with Gasteiger partial charge in [0.05, 0.1) is 25.1 Å². The summed E-state index contributed by atoms with van der Waals surface area (Å²) < 4.78 is 20.2. The average Bonchev–Trinajstić information content (AvgIpc) is 3.08. The normalized spacial score (nSPS) is 19.7. The molecule has 2 unspecified atom stereocenters. The van der Waals surface area contributed by atoms with Gasteiger partial charge >= 0.3 is 5.97 Å². The first-order valence-corrected chi connectivity index (χ1v) is 8.80. The van der Waals surface area contributed by atoms with E-state index < -0.39 is 17.7 Å². The van der Waals surface area contributed by atoms with E-state index in [-0.39, 0.29) is 31.4 Å². The molecular formula is C19H22FN3O4. The molecule has 2 heterocycles. The van der Waals surface area contributed by atoms with Crippen LogP contribution in [0.2, 0.25) is 0 Å². The molecule has 0 aliphatic carbocycles. The molecular weight excluding hydrogens is 353 g/mol. The Kier molecular flexibility index (Phi) is 5.73. The van der Waals surface area contributed by atoms with Gasteiger partial charge < -0.3 is 14.7 Å². The Morgan fingerprint density at radius 3 is 2.85 bits per heavy atom. The summed E-state index contributed by atoms with van der Waals surface area (Å²) in [7, 11) is 1.80. The van der Waals surface area contributed by atoms with Crippen LogP contribution in [0.25, 0.3) is 0 Å². The van der Waals surface area contributed by atoms with E-state index in [0.717, 1.165) is 5.56 Å². The van der Waals surface area contributed by atoms with Crippen LogP contribution in [-0.4, -0.2) is 51.4 Å². The fourth-order valence-corrected chi connectivity index (χ4v) is 3.35. The molecule has 2 atom stereocenters. The van der Waals surface area contributed by atoms with Crippen molar-refractivity contribution in [1.29, 1.82) is 0 Å². The maximum atomic E-state index is 13.2. The number of carboxylic acid groups (broad SMARTS) is 1. The number of carbonyl (C=O) groups is 2. The van der Waals surface area contributed by atoms with E-state index in [4.69, 9.17) is 4.74 Å². The van der Waals surface area contributed by atoms with Gasteiger partial charge in [0.1, 0.15) is 11.6 Å². The number of aliphatic carboxylic acids is 1. The Labute approximate surface area is 156 Å². The van der Waals surface area contributed by atoms with Crippen molar-refractivity contribution < 1.29 is 23.8 Å². The van der Waals surface area contributed by atoms with Gasteiger partial charge in [-0.2, -0.15) is 5.10 Å². The Hall–Kier alpha value is -2.90. The van der Waals surface area contributed by atoms with Gasteiger partial charge in [0, 0.05) is 38.3 Å². The molecule has 7 nitrogen and oxygen atoms in total. The van der Waals surface area contributed by atoms with Crippen molar-refractivity contribution >= 4 is 11.9 Å². The molecule has 0 bridgehead atoms. The maximum absolute atomic E-state index is 13.2. The minimum Gasteiger partial charge on any atom is -0.493 e. The number of rotatable bonds is 6. The van der Waals surface area contributed by atoms with Crippen LogP contribution < -0.4 is 4.74 Å². The molecule has 1 N–H and O–H groups in total. The summed E-state index contributed by atoms with van der Waals surface area (Å²) in [6.07, 6.45) is 4.14. The number of carboxylic acids is 1. The Bertz CT molecular complexity index is 823. The third-order valence-electron chi connectivity index (χ3n) is 4.73. The molecule has 0 saturated carbocycles. The van der Waals surface area contributed by atoms with Gasteiger partial charge in [-0.3, -0.25) is 14.3 Å². The molecule has 1 aromatic heterocycles. The highest BCUT2D eigenvalue weighted by molar-refractivity contribution is 5.78. The van der Waals surface area contributed by atoms with Crippen LogP contribution in [-0.2, 0) is 16.6 Å². The van der Waals surface area contributed by atoms with Crippen LogP contribution in [0, 0.1) is 11.7 Å². The first-order chi connectivity index (χ1) is 12.9. The highest BCUT2D eigenvalue weighted by Gasteiger charge is 2.34. The van der Waals surface area contributed by atoms with Crippen molar-refractivity contribution in [3.05, 3.63) is 48.0 Å². The number of aryl methyl sites for hydroxylation is 1. The summed E-state index contributed by atoms with van der Waals surface area (Å²) in [4.78, 5) is 25.7. The Morgan fingerprint density at radius 2 is 2.19 bits per heavy atom. The number of benzene rings is 1. The zero-order valence-electron chi connectivity index (χ0n) is 15.0. The summed E-state index contributed by atoms with van der Waals surface area (Å²) in [6.45, 7) is 0.743. The van der Waals surface area contributed by atoms with Crippen molar-refractivity contribution in [2.75, 3.05) is 19.7 Å². The highest BCUT2D eigenvalue weighted by atomic mass is 19.1. The monoisotopic (exact) mass is 375 g/mol. The Balaban J connectivity index is 1.60. The number of hydrogen-bond donors (Lipinski definition) is 1. The van der Waals surface area contributed by atoms with Crippen LogP contribution in [0.5, 0.6) is 5.75 Å². The van der Waals surface area contributed by atoms with E-state index >= 15 is 0 Å². The van der Waals surface area contributed by atoms with Crippen molar-refractivity contribution in [2.45, 2.75) is 18.8 Å². The summed E-state index contributed by atoms with van der Waals surface area (Å²) in [5, 5.41) is 13.6. The average molecular weight is 375 g/mol. The van der Waals surface area contributed by atoms with Crippen molar-refractivity contribution in [3.8, 4) is 5.75 Å². The number of likely N-dealkylation sites (tertiary alicyclic amines) is 1. The smallest absolute Gasteiger partial charge is 0.308 e. The van der Waals surface area contributed by atoms with E-state index in [1.807, 2.05) is 6.20 Å². The second-order valence-electron chi connectivity index (χ2n) is 6.77. The maximum Gasteiger partial charge on any atom is 0.308 e. The molecule has 1 saturated heterocycles. The van der Waals surface area contributed by atoms with E-state index in [1.54, 1.807) is 28.9 Å². The molecule has 1 amide bonds. The summed E-state index contributed by atoms with van der Waals surface area (Å²) in [6, 6.07) is 5.72. The minimum atomic E-state index is -0.905.